The first-order chi connectivity index (χ1) is 9.29. The van der Waals surface area contributed by atoms with Gasteiger partial charge in [0.1, 0.15) is 5.82 Å². The van der Waals surface area contributed by atoms with Gasteiger partial charge < -0.3 is 4.90 Å². The monoisotopic (exact) mass is 300 g/mol. The number of nitrogens with zero attached hydrogens (tertiary/aromatic N) is 1. The molecule has 0 atom stereocenters. The maximum atomic E-state index is 13.3. The van der Waals surface area contributed by atoms with E-state index < -0.39 is 21.7 Å². The molecule has 0 bridgehead atoms. The number of carbonyl (C=O) groups is 1. The maximum absolute atomic E-state index is 13.3. The van der Waals surface area contributed by atoms with Crippen molar-refractivity contribution in [2.75, 3.05) is 13.6 Å². The lowest BCUT2D eigenvalue weighted by Gasteiger charge is -2.30. The number of halogens is 1. The molecule has 1 amide bonds. The van der Waals surface area contributed by atoms with Crippen molar-refractivity contribution in [3.8, 4) is 0 Å². The summed E-state index contributed by atoms with van der Waals surface area (Å²) in [6.07, 6.45) is 3.26. The van der Waals surface area contributed by atoms with Crippen molar-refractivity contribution in [3.05, 3.63) is 29.6 Å². The number of nitrogens with two attached hydrogens (primary N) is 1. The van der Waals surface area contributed by atoms with Crippen molar-refractivity contribution in [1.29, 1.82) is 0 Å². The zero-order valence-electron chi connectivity index (χ0n) is 11.2. The second-order valence-electron chi connectivity index (χ2n) is 5.17. The Morgan fingerprint density at radius 1 is 1.45 bits per heavy atom. The number of carbonyl (C=O) groups excluding carboxylic acids is 1. The van der Waals surface area contributed by atoms with Gasteiger partial charge in [0.2, 0.25) is 10.0 Å². The predicted molar refractivity (Wildman–Crippen MR) is 72.1 cm³/mol. The summed E-state index contributed by atoms with van der Waals surface area (Å²) in [7, 11) is -2.48. The summed E-state index contributed by atoms with van der Waals surface area (Å²) in [5, 5.41) is 5.06. The van der Waals surface area contributed by atoms with Crippen LogP contribution in [0.1, 0.15) is 29.6 Å². The molecule has 0 spiro atoms. The minimum atomic E-state index is -4.06. The van der Waals surface area contributed by atoms with E-state index in [4.69, 9.17) is 5.14 Å². The van der Waals surface area contributed by atoms with Gasteiger partial charge in [-0.15, -0.1) is 0 Å². The Kier molecular flexibility index (Phi) is 4.10. The largest absolute Gasteiger partial charge is 0.341 e. The first kappa shape index (κ1) is 14.9. The van der Waals surface area contributed by atoms with Crippen LogP contribution in [0.3, 0.4) is 0 Å². The highest BCUT2D eigenvalue weighted by Crippen LogP contribution is 2.27. The third-order valence-electron chi connectivity index (χ3n) is 3.58. The number of hydrogen-bond donors (Lipinski definition) is 1. The Labute approximate surface area is 117 Å². The van der Waals surface area contributed by atoms with E-state index >= 15 is 0 Å². The molecule has 0 aliphatic heterocycles. The second-order valence-corrected chi connectivity index (χ2v) is 6.70. The quantitative estimate of drug-likeness (QED) is 0.911. The summed E-state index contributed by atoms with van der Waals surface area (Å²) in [6.45, 7) is 0.541. The SMILES string of the molecule is CN(CC1CCC1)C(=O)c1cc(F)ccc1S(N)(=O)=O. The van der Waals surface area contributed by atoms with Crippen molar-refractivity contribution in [1.82, 2.24) is 4.90 Å². The van der Waals surface area contributed by atoms with Gasteiger partial charge in [-0.2, -0.15) is 0 Å². The number of amides is 1. The van der Waals surface area contributed by atoms with E-state index in [1.165, 1.54) is 4.90 Å². The summed E-state index contributed by atoms with van der Waals surface area (Å²) in [4.78, 5) is 13.4. The lowest BCUT2D eigenvalue weighted by Crippen LogP contribution is -2.35. The third-order valence-corrected chi connectivity index (χ3v) is 4.55. The number of benzene rings is 1. The molecule has 0 aromatic heterocycles. The molecule has 110 valence electrons. The van der Waals surface area contributed by atoms with Crippen LogP contribution in [0.25, 0.3) is 0 Å². The Bertz CT molecular complexity index is 627. The summed E-state index contributed by atoms with van der Waals surface area (Å²) >= 11 is 0. The van der Waals surface area contributed by atoms with E-state index in [2.05, 4.69) is 0 Å². The number of sulfonamides is 1. The van der Waals surface area contributed by atoms with Crippen LogP contribution >= 0.6 is 0 Å². The van der Waals surface area contributed by atoms with Gasteiger partial charge in [0.15, 0.2) is 0 Å². The molecule has 1 aliphatic carbocycles. The van der Waals surface area contributed by atoms with Crippen LogP contribution in [0, 0.1) is 11.7 Å². The Morgan fingerprint density at radius 3 is 2.60 bits per heavy atom. The van der Waals surface area contributed by atoms with Gasteiger partial charge in [0.25, 0.3) is 5.91 Å². The molecule has 1 saturated carbocycles. The first-order valence-electron chi connectivity index (χ1n) is 6.37. The molecule has 2 N–H and O–H groups in total. The first-order valence-corrected chi connectivity index (χ1v) is 7.91. The zero-order chi connectivity index (χ0) is 14.9. The highest BCUT2D eigenvalue weighted by molar-refractivity contribution is 7.89. The van der Waals surface area contributed by atoms with E-state index in [0.29, 0.717) is 12.5 Å². The standard InChI is InChI=1S/C13H17FN2O3S/c1-16(8-9-3-2-4-9)13(17)11-7-10(14)5-6-12(11)20(15,18)19/h5-7,9H,2-4,8H2,1H3,(H2,15,18,19). The smallest absolute Gasteiger partial charge is 0.255 e. The van der Waals surface area contributed by atoms with Crippen LogP contribution in [0.4, 0.5) is 4.39 Å². The van der Waals surface area contributed by atoms with Crippen molar-refractivity contribution in [2.45, 2.75) is 24.2 Å². The molecule has 2 rings (SSSR count). The molecular formula is C13H17FN2O3S. The van der Waals surface area contributed by atoms with Crippen molar-refractivity contribution in [3.63, 3.8) is 0 Å². The highest BCUT2D eigenvalue weighted by atomic mass is 32.2. The van der Waals surface area contributed by atoms with E-state index in [0.717, 1.165) is 37.5 Å². The molecule has 0 radical (unpaired) electrons. The van der Waals surface area contributed by atoms with Crippen LogP contribution in [-0.4, -0.2) is 32.8 Å². The van der Waals surface area contributed by atoms with Crippen LogP contribution in [0.5, 0.6) is 0 Å². The van der Waals surface area contributed by atoms with Gasteiger partial charge >= 0.3 is 0 Å². The van der Waals surface area contributed by atoms with Gasteiger partial charge in [-0.1, -0.05) is 6.42 Å². The summed E-state index contributed by atoms with van der Waals surface area (Å²) in [5.74, 6) is -0.756. The summed E-state index contributed by atoms with van der Waals surface area (Å²) < 4.78 is 36.2. The normalized spacial score (nSPS) is 15.8. The molecule has 1 fully saturated rings. The van der Waals surface area contributed by atoms with Crippen molar-refractivity contribution < 1.29 is 17.6 Å². The Hall–Kier alpha value is -1.47. The van der Waals surface area contributed by atoms with Gasteiger partial charge in [0, 0.05) is 13.6 Å². The lowest BCUT2D eigenvalue weighted by molar-refractivity contribution is 0.0741. The predicted octanol–water partition coefficient (Wildman–Crippen LogP) is 1.35. The van der Waals surface area contributed by atoms with E-state index in [1.54, 1.807) is 7.05 Å². The Morgan fingerprint density at radius 2 is 2.10 bits per heavy atom. The van der Waals surface area contributed by atoms with Gasteiger partial charge in [-0.05, 0) is 37.0 Å². The van der Waals surface area contributed by atoms with E-state index in [9.17, 15) is 17.6 Å². The third kappa shape index (κ3) is 3.16. The molecular weight excluding hydrogens is 283 g/mol. The van der Waals surface area contributed by atoms with Crippen LogP contribution < -0.4 is 5.14 Å². The molecule has 0 saturated heterocycles. The number of hydrogen-bond acceptors (Lipinski definition) is 3. The average Bonchev–Trinajstić information content (AvgIpc) is 2.31. The van der Waals surface area contributed by atoms with Crippen molar-refractivity contribution in [2.24, 2.45) is 11.1 Å². The molecule has 1 aromatic carbocycles. The number of rotatable bonds is 4. The van der Waals surface area contributed by atoms with E-state index in [-0.39, 0.29) is 10.5 Å². The maximum Gasteiger partial charge on any atom is 0.255 e. The number of primary sulfonamides is 1. The summed E-state index contributed by atoms with van der Waals surface area (Å²) in [6, 6.07) is 2.91. The molecule has 0 unspecified atom stereocenters. The van der Waals surface area contributed by atoms with E-state index in [1.807, 2.05) is 0 Å². The fraction of sp³-hybridized carbons (Fsp3) is 0.462. The average molecular weight is 300 g/mol. The molecule has 1 aromatic rings. The highest BCUT2D eigenvalue weighted by Gasteiger charge is 2.26. The molecule has 0 heterocycles. The van der Waals surface area contributed by atoms with Crippen LogP contribution in [0.2, 0.25) is 0 Å². The molecule has 20 heavy (non-hydrogen) atoms. The van der Waals surface area contributed by atoms with Crippen LogP contribution in [0.15, 0.2) is 23.1 Å². The topological polar surface area (TPSA) is 80.5 Å². The van der Waals surface area contributed by atoms with Gasteiger partial charge in [-0.3, -0.25) is 4.79 Å². The molecule has 1 aliphatic rings. The fourth-order valence-corrected chi connectivity index (χ4v) is 2.98. The Balaban J connectivity index is 2.30. The second kappa shape index (κ2) is 5.49. The minimum Gasteiger partial charge on any atom is -0.341 e. The molecule has 7 heteroatoms. The fourth-order valence-electron chi connectivity index (χ4n) is 2.27. The minimum absolute atomic E-state index is 0.214. The van der Waals surface area contributed by atoms with Gasteiger partial charge in [-0.25, -0.2) is 17.9 Å². The lowest BCUT2D eigenvalue weighted by atomic mass is 9.85. The van der Waals surface area contributed by atoms with Crippen molar-refractivity contribution >= 4 is 15.9 Å². The van der Waals surface area contributed by atoms with Crippen LogP contribution in [-0.2, 0) is 10.0 Å². The van der Waals surface area contributed by atoms with Gasteiger partial charge in [0.05, 0.1) is 10.5 Å². The zero-order valence-corrected chi connectivity index (χ0v) is 12.0. The summed E-state index contributed by atoms with van der Waals surface area (Å²) in [5.41, 5.74) is -0.214. The molecule has 5 nitrogen and oxygen atoms in total.